The standard InChI is InChI=1S/C10H13BrF3N3O/c1-3-4-15-7(18)5-17-6(2)8(11)9(16-17)10(12,13)14/h3-5H2,1-2H3,(H,15,18). The predicted octanol–water partition coefficient (Wildman–Crippen LogP) is 2.50. The number of nitrogens with zero attached hydrogens (tertiary/aromatic N) is 2. The maximum Gasteiger partial charge on any atom is 0.436 e. The van der Waals surface area contributed by atoms with Crippen molar-refractivity contribution in [2.75, 3.05) is 6.54 Å². The molecule has 8 heteroatoms. The van der Waals surface area contributed by atoms with Crippen LogP contribution < -0.4 is 5.32 Å². The highest BCUT2D eigenvalue weighted by Gasteiger charge is 2.38. The molecule has 1 aromatic heterocycles. The van der Waals surface area contributed by atoms with Gasteiger partial charge in [-0.2, -0.15) is 18.3 Å². The Morgan fingerprint density at radius 3 is 2.56 bits per heavy atom. The van der Waals surface area contributed by atoms with Crippen molar-refractivity contribution in [1.82, 2.24) is 15.1 Å². The molecule has 1 amide bonds. The van der Waals surface area contributed by atoms with Crippen LogP contribution >= 0.6 is 15.9 Å². The van der Waals surface area contributed by atoms with Crippen LogP contribution in [0.15, 0.2) is 4.47 Å². The van der Waals surface area contributed by atoms with Crippen molar-refractivity contribution in [3.8, 4) is 0 Å². The number of alkyl halides is 3. The Morgan fingerprint density at radius 1 is 1.50 bits per heavy atom. The number of aromatic nitrogens is 2. The minimum atomic E-state index is -4.53. The van der Waals surface area contributed by atoms with Crippen molar-refractivity contribution in [3.63, 3.8) is 0 Å². The fourth-order valence-electron chi connectivity index (χ4n) is 1.32. The van der Waals surface area contributed by atoms with Crippen LogP contribution in [0.1, 0.15) is 24.7 Å². The molecule has 0 saturated heterocycles. The summed E-state index contributed by atoms with van der Waals surface area (Å²) >= 11 is 2.84. The number of hydrogen-bond acceptors (Lipinski definition) is 2. The van der Waals surface area contributed by atoms with Gasteiger partial charge < -0.3 is 5.32 Å². The normalized spacial score (nSPS) is 11.7. The number of nitrogens with one attached hydrogen (secondary N) is 1. The molecule has 0 atom stereocenters. The lowest BCUT2D eigenvalue weighted by molar-refractivity contribution is -0.142. The van der Waals surface area contributed by atoms with Crippen molar-refractivity contribution in [3.05, 3.63) is 15.9 Å². The zero-order valence-corrected chi connectivity index (χ0v) is 11.5. The van der Waals surface area contributed by atoms with Crippen LogP contribution in [0, 0.1) is 6.92 Å². The van der Waals surface area contributed by atoms with Crippen LogP contribution in [0.4, 0.5) is 13.2 Å². The zero-order valence-electron chi connectivity index (χ0n) is 9.94. The molecule has 0 spiro atoms. The fourth-order valence-corrected chi connectivity index (χ4v) is 1.82. The molecular weight excluding hydrogens is 315 g/mol. The highest BCUT2D eigenvalue weighted by molar-refractivity contribution is 9.10. The van der Waals surface area contributed by atoms with Crippen molar-refractivity contribution >= 4 is 21.8 Å². The number of carbonyl (C=O) groups is 1. The van der Waals surface area contributed by atoms with Gasteiger partial charge in [-0.25, -0.2) is 0 Å². The topological polar surface area (TPSA) is 46.9 Å². The minimum absolute atomic E-state index is 0.127. The number of halogens is 4. The van der Waals surface area contributed by atoms with E-state index in [4.69, 9.17) is 0 Å². The Labute approximate surface area is 111 Å². The van der Waals surface area contributed by atoms with Gasteiger partial charge in [0, 0.05) is 6.54 Å². The Kier molecular flexibility index (Phi) is 4.78. The fraction of sp³-hybridized carbons (Fsp3) is 0.600. The zero-order chi connectivity index (χ0) is 13.9. The van der Waals surface area contributed by atoms with E-state index in [1.807, 2.05) is 6.92 Å². The summed E-state index contributed by atoms with van der Waals surface area (Å²) < 4.78 is 38.6. The summed E-state index contributed by atoms with van der Waals surface area (Å²) in [4.78, 5) is 11.4. The van der Waals surface area contributed by atoms with Gasteiger partial charge >= 0.3 is 6.18 Å². The van der Waals surface area contributed by atoms with Crippen LogP contribution in [0.25, 0.3) is 0 Å². The predicted molar refractivity (Wildman–Crippen MR) is 63.0 cm³/mol. The largest absolute Gasteiger partial charge is 0.436 e. The molecule has 0 aliphatic rings. The number of hydrogen-bond donors (Lipinski definition) is 1. The Balaban J connectivity index is 2.88. The van der Waals surface area contributed by atoms with E-state index in [2.05, 4.69) is 26.3 Å². The molecule has 4 nitrogen and oxygen atoms in total. The highest BCUT2D eigenvalue weighted by atomic mass is 79.9. The van der Waals surface area contributed by atoms with E-state index in [1.165, 1.54) is 6.92 Å². The third-order valence-electron chi connectivity index (χ3n) is 2.27. The molecule has 0 bridgehead atoms. The van der Waals surface area contributed by atoms with Crippen LogP contribution in [0.2, 0.25) is 0 Å². The summed E-state index contributed by atoms with van der Waals surface area (Å²) in [5, 5.41) is 5.99. The van der Waals surface area contributed by atoms with Gasteiger partial charge in [-0.15, -0.1) is 0 Å². The summed E-state index contributed by atoms with van der Waals surface area (Å²) in [6.07, 6.45) is -3.77. The molecular formula is C10H13BrF3N3O. The number of amides is 1. The third kappa shape index (κ3) is 3.47. The van der Waals surface area contributed by atoms with Gasteiger partial charge in [0.05, 0.1) is 10.2 Å². The summed E-state index contributed by atoms with van der Waals surface area (Å²) in [6, 6.07) is 0. The van der Waals surface area contributed by atoms with Gasteiger partial charge in [0.2, 0.25) is 5.91 Å². The molecule has 0 saturated carbocycles. The van der Waals surface area contributed by atoms with Crippen molar-refractivity contribution < 1.29 is 18.0 Å². The van der Waals surface area contributed by atoms with Gasteiger partial charge in [0.15, 0.2) is 5.69 Å². The van der Waals surface area contributed by atoms with E-state index in [0.717, 1.165) is 11.1 Å². The Bertz CT molecular complexity index is 442. The lowest BCUT2D eigenvalue weighted by atomic mass is 10.3. The van der Waals surface area contributed by atoms with E-state index >= 15 is 0 Å². The van der Waals surface area contributed by atoms with E-state index in [-0.39, 0.29) is 22.6 Å². The molecule has 0 aliphatic heterocycles. The smallest absolute Gasteiger partial charge is 0.355 e. The first kappa shape index (κ1) is 15.0. The minimum Gasteiger partial charge on any atom is -0.355 e. The molecule has 1 N–H and O–H groups in total. The second kappa shape index (κ2) is 5.73. The first-order chi connectivity index (χ1) is 8.27. The highest BCUT2D eigenvalue weighted by Crippen LogP contribution is 2.35. The second-order valence-corrected chi connectivity index (χ2v) is 4.55. The molecule has 18 heavy (non-hydrogen) atoms. The Morgan fingerprint density at radius 2 is 2.11 bits per heavy atom. The first-order valence-electron chi connectivity index (χ1n) is 5.34. The van der Waals surface area contributed by atoms with Crippen LogP contribution in [0.5, 0.6) is 0 Å². The number of carbonyl (C=O) groups excluding carboxylic acids is 1. The molecule has 0 aromatic carbocycles. The molecule has 0 unspecified atom stereocenters. The molecule has 0 fully saturated rings. The van der Waals surface area contributed by atoms with E-state index in [1.54, 1.807) is 0 Å². The second-order valence-electron chi connectivity index (χ2n) is 3.75. The lowest BCUT2D eigenvalue weighted by Crippen LogP contribution is -2.29. The van der Waals surface area contributed by atoms with E-state index < -0.39 is 11.9 Å². The van der Waals surface area contributed by atoms with Crippen LogP contribution in [-0.4, -0.2) is 22.2 Å². The third-order valence-corrected chi connectivity index (χ3v) is 3.22. The van der Waals surface area contributed by atoms with Gasteiger partial charge in [-0.3, -0.25) is 9.48 Å². The quantitative estimate of drug-likeness (QED) is 0.923. The molecule has 1 heterocycles. The summed E-state index contributed by atoms with van der Waals surface area (Å²) in [7, 11) is 0. The monoisotopic (exact) mass is 327 g/mol. The first-order valence-corrected chi connectivity index (χ1v) is 6.13. The molecule has 102 valence electrons. The summed E-state index contributed by atoms with van der Waals surface area (Å²) in [6.45, 7) is 3.63. The van der Waals surface area contributed by atoms with Crippen molar-refractivity contribution in [2.45, 2.75) is 33.0 Å². The molecule has 1 aromatic rings. The Hall–Kier alpha value is -1.05. The summed E-state index contributed by atoms with van der Waals surface area (Å²) in [5.74, 6) is -0.358. The van der Waals surface area contributed by atoms with Crippen molar-refractivity contribution in [1.29, 1.82) is 0 Å². The van der Waals surface area contributed by atoms with Crippen molar-refractivity contribution in [2.24, 2.45) is 0 Å². The van der Waals surface area contributed by atoms with Gasteiger partial charge in [0.25, 0.3) is 0 Å². The molecule has 0 aliphatic carbocycles. The molecule has 1 rings (SSSR count). The van der Waals surface area contributed by atoms with E-state index in [9.17, 15) is 18.0 Å². The van der Waals surface area contributed by atoms with E-state index in [0.29, 0.717) is 6.54 Å². The lowest BCUT2D eigenvalue weighted by Gasteiger charge is -2.05. The SMILES string of the molecule is CCCNC(=O)Cn1nc(C(F)(F)F)c(Br)c1C. The molecule has 0 radical (unpaired) electrons. The van der Waals surface area contributed by atoms with Gasteiger partial charge in [-0.1, -0.05) is 6.92 Å². The van der Waals surface area contributed by atoms with Gasteiger partial charge in [-0.05, 0) is 29.3 Å². The number of rotatable bonds is 4. The average Bonchev–Trinajstić information content (AvgIpc) is 2.54. The summed E-state index contributed by atoms with van der Waals surface area (Å²) in [5.41, 5.74) is -0.739. The van der Waals surface area contributed by atoms with Crippen LogP contribution in [-0.2, 0) is 17.5 Å². The van der Waals surface area contributed by atoms with Gasteiger partial charge in [0.1, 0.15) is 6.54 Å². The van der Waals surface area contributed by atoms with Crippen LogP contribution in [0.3, 0.4) is 0 Å². The maximum atomic E-state index is 12.6. The maximum absolute atomic E-state index is 12.6. The average molecular weight is 328 g/mol.